The molecule has 0 radical (unpaired) electrons. The van der Waals surface area contributed by atoms with Gasteiger partial charge < -0.3 is 10.1 Å². The van der Waals surface area contributed by atoms with Crippen molar-refractivity contribution in [3.05, 3.63) is 0 Å². The van der Waals surface area contributed by atoms with Crippen LogP contribution in [0.4, 0.5) is 0 Å². The topological polar surface area (TPSA) is 21.3 Å². The third-order valence-corrected chi connectivity index (χ3v) is 5.20. The Hall–Kier alpha value is 0.270. The van der Waals surface area contributed by atoms with Gasteiger partial charge in [-0.05, 0) is 45.1 Å². The Bertz CT molecular complexity index is 195. The van der Waals surface area contributed by atoms with Gasteiger partial charge >= 0.3 is 0 Å². The van der Waals surface area contributed by atoms with Gasteiger partial charge in [-0.1, -0.05) is 20.8 Å². The molecule has 0 aromatic rings. The van der Waals surface area contributed by atoms with Crippen LogP contribution in [0.15, 0.2) is 0 Å². The van der Waals surface area contributed by atoms with Crippen molar-refractivity contribution in [1.29, 1.82) is 0 Å². The molecule has 1 aliphatic rings. The number of nitrogens with one attached hydrogen (secondary N) is 1. The fourth-order valence-corrected chi connectivity index (χ4v) is 3.33. The standard InChI is InChI=1S/C15H31NOS/c1-4-10-16-14(12-18-13(3)5-2)8-9-15-7-6-11-17-15/h13-16H,4-12H2,1-3H3. The van der Waals surface area contributed by atoms with Gasteiger partial charge in [0.05, 0.1) is 6.10 Å². The molecule has 3 heteroatoms. The first-order valence-corrected chi connectivity index (χ1v) is 8.77. The zero-order valence-corrected chi connectivity index (χ0v) is 13.2. The number of thioether (sulfide) groups is 1. The molecular formula is C15H31NOS. The summed E-state index contributed by atoms with van der Waals surface area (Å²) >= 11 is 2.11. The Labute approximate surface area is 118 Å². The van der Waals surface area contributed by atoms with Crippen LogP contribution >= 0.6 is 11.8 Å². The second-order valence-electron chi connectivity index (χ2n) is 5.42. The third-order valence-electron chi connectivity index (χ3n) is 3.70. The second-order valence-corrected chi connectivity index (χ2v) is 6.89. The average Bonchev–Trinajstić information content (AvgIpc) is 2.90. The molecule has 0 amide bonds. The lowest BCUT2D eigenvalue weighted by Gasteiger charge is -2.21. The van der Waals surface area contributed by atoms with E-state index in [4.69, 9.17) is 4.74 Å². The highest BCUT2D eigenvalue weighted by molar-refractivity contribution is 7.99. The van der Waals surface area contributed by atoms with Gasteiger partial charge in [0.1, 0.15) is 0 Å². The molecule has 2 nitrogen and oxygen atoms in total. The molecule has 1 N–H and O–H groups in total. The Kier molecular flexibility index (Phi) is 9.16. The van der Waals surface area contributed by atoms with E-state index in [1.807, 2.05) is 0 Å². The average molecular weight is 273 g/mol. The maximum Gasteiger partial charge on any atom is 0.0576 e. The number of hydrogen-bond acceptors (Lipinski definition) is 3. The molecular weight excluding hydrogens is 242 g/mol. The minimum absolute atomic E-state index is 0.546. The van der Waals surface area contributed by atoms with Crippen LogP contribution in [0.2, 0.25) is 0 Å². The molecule has 18 heavy (non-hydrogen) atoms. The molecule has 1 heterocycles. The van der Waals surface area contributed by atoms with Crippen molar-refractivity contribution in [1.82, 2.24) is 5.32 Å². The van der Waals surface area contributed by atoms with Crippen molar-refractivity contribution >= 4 is 11.8 Å². The van der Waals surface area contributed by atoms with E-state index in [0.29, 0.717) is 12.1 Å². The summed E-state index contributed by atoms with van der Waals surface area (Å²) in [4.78, 5) is 0. The molecule has 1 fully saturated rings. The highest BCUT2D eigenvalue weighted by Crippen LogP contribution is 2.20. The molecule has 1 aliphatic heterocycles. The van der Waals surface area contributed by atoms with Gasteiger partial charge in [-0.15, -0.1) is 0 Å². The molecule has 3 unspecified atom stereocenters. The van der Waals surface area contributed by atoms with Gasteiger partial charge in [0.25, 0.3) is 0 Å². The van der Waals surface area contributed by atoms with Gasteiger partial charge in [-0.25, -0.2) is 0 Å². The van der Waals surface area contributed by atoms with E-state index in [2.05, 4.69) is 37.8 Å². The quantitative estimate of drug-likeness (QED) is 0.653. The molecule has 0 aromatic heterocycles. The molecule has 0 bridgehead atoms. The van der Waals surface area contributed by atoms with Gasteiger partial charge in [-0.3, -0.25) is 0 Å². The highest BCUT2D eigenvalue weighted by atomic mass is 32.2. The summed E-state index contributed by atoms with van der Waals surface area (Å²) in [7, 11) is 0. The Morgan fingerprint density at radius 1 is 1.39 bits per heavy atom. The lowest BCUT2D eigenvalue weighted by Crippen LogP contribution is -2.33. The van der Waals surface area contributed by atoms with Gasteiger partial charge in [0.15, 0.2) is 0 Å². The summed E-state index contributed by atoms with van der Waals surface area (Å²) in [6.07, 6.45) is 8.10. The summed E-state index contributed by atoms with van der Waals surface area (Å²) in [5, 5.41) is 4.49. The van der Waals surface area contributed by atoms with Crippen LogP contribution in [-0.4, -0.2) is 36.3 Å². The first-order chi connectivity index (χ1) is 8.76. The fraction of sp³-hybridized carbons (Fsp3) is 1.00. The SMILES string of the molecule is CCCNC(CCC1CCCO1)CSC(C)CC. The lowest BCUT2D eigenvalue weighted by atomic mass is 10.1. The molecule has 0 aliphatic carbocycles. The summed E-state index contributed by atoms with van der Waals surface area (Å²) < 4.78 is 5.72. The summed E-state index contributed by atoms with van der Waals surface area (Å²) in [5.74, 6) is 1.25. The van der Waals surface area contributed by atoms with E-state index in [1.165, 1.54) is 44.3 Å². The Morgan fingerprint density at radius 3 is 2.83 bits per heavy atom. The molecule has 1 rings (SSSR count). The largest absolute Gasteiger partial charge is 0.378 e. The normalized spacial score (nSPS) is 23.2. The molecule has 3 atom stereocenters. The smallest absolute Gasteiger partial charge is 0.0576 e. The van der Waals surface area contributed by atoms with Crippen molar-refractivity contribution in [2.24, 2.45) is 0 Å². The molecule has 0 spiro atoms. The van der Waals surface area contributed by atoms with Crippen LogP contribution < -0.4 is 5.32 Å². The van der Waals surface area contributed by atoms with Crippen LogP contribution in [0, 0.1) is 0 Å². The molecule has 108 valence electrons. The predicted octanol–water partition coefficient (Wildman–Crippen LogP) is 3.85. The third kappa shape index (κ3) is 7.01. The van der Waals surface area contributed by atoms with E-state index >= 15 is 0 Å². The molecule has 0 aromatic carbocycles. The van der Waals surface area contributed by atoms with Crippen LogP contribution in [0.25, 0.3) is 0 Å². The number of rotatable bonds is 10. The first-order valence-electron chi connectivity index (χ1n) is 7.72. The van der Waals surface area contributed by atoms with Crippen molar-refractivity contribution in [2.75, 3.05) is 18.9 Å². The molecule has 0 saturated carbocycles. The Morgan fingerprint density at radius 2 is 2.22 bits per heavy atom. The van der Waals surface area contributed by atoms with E-state index < -0.39 is 0 Å². The second kappa shape index (κ2) is 10.1. The summed E-state index contributed by atoms with van der Waals surface area (Å²) in [5.41, 5.74) is 0. The van der Waals surface area contributed by atoms with Crippen LogP contribution in [-0.2, 0) is 4.74 Å². The number of hydrogen-bond donors (Lipinski definition) is 1. The van der Waals surface area contributed by atoms with Crippen LogP contribution in [0.5, 0.6) is 0 Å². The van der Waals surface area contributed by atoms with Crippen molar-refractivity contribution < 1.29 is 4.74 Å². The van der Waals surface area contributed by atoms with E-state index in [0.717, 1.165) is 18.4 Å². The zero-order valence-electron chi connectivity index (χ0n) is 12.4. The summed E-state index contributed by atoms with van der Waals surface area (Å²) in [6, 6.07) is 0.674. The van der Waals surface area contributed by atoms with Crippen molar-refractivity contribution in [3.8, 4) is 0 Å². The maximum absolute atomic E-state index is 5.72. The van der Waals surface area contributed by atoms with Crippen LogP contribution in [0.3, 0.4) is 0 Å². The van der Waals surface area contributed by atoms with E-state index in [9.17, 15) is 0 Å². The van der Waals surface area contributed by atoms with Crippen molar-refractivity contribution in [3.63, 3.8) is 0 Å². The van der Waals surface area contributed by atoms with Gasteiger partial charge in [0.2, 0.25) is 0 Å². The van der Waals surface area contributed by atoms with Crippen molar-refractivity contribution in [2.45, 2.75) is 76.7 Å². The van der Waals surface area contributed by atoms with Crippen LogP contribution in [0.1, 0.15) is 59.3 Å². The monoisotopic (exact) mass is 273 g/mol. The predicted molar refractivity (Wildman–Crippen MR) is 82.5 cm³/mol. The first kappa shape index (κ1) is 16.3. The summed E-state index contributed by atoms with van der Waals surface area (Å²) in [6.45, 7) is 8.99. The minimum atomic E-state index is 0.546. The zero-order chi connectivity index (χ0) is 13.2. The van der Waals surface area contributed by atoms with E-state index in [-0.39, 0.29) is 0 Å². The minimum Gasteiger partial charge on any atom is -0.378 e. The fourth-order valence-electron chi connectivity index (χ4n) is 2.25. The highest BCUT2D eigenvalue weighted by Gasteiger charge is 2.18. The molecule has 1 saturated heterocycles. The van der Waals surface area contributed by atoms with E-state index in [1.54, 1.807) is 0 Å². The Balaban J connectivity index is 2.20. The lowest BCUT2D eigenvalue weighted by molar-refractivity contribution is 0.100. The van der Waals surface area contributed by atoms with Gasteiger partial charge in [0, 0.05) is 23.7 Å². The maximum atomic E-state index is 5.72. The number of ether oxygens (including phenoxy) is 1. The van der Waals surface area contributed by atoms with Gasteiger partial charge in [-0.2, -0.15) is 11.8 Å².